The third kappa shape index (κ3) is 4.89. The van der Waals surface area contributed by atoms with Crippen molar-refractivity contribution in [2.45, 2.75) is 13.2 Å². The predicted molar refractivity (Wildman–Crippen MR) is 95.7 cm³/mol. The standard InChI is InChI=1S/C18H23N3O3/c1-22-12-14-6-4-13(5-7-14)11-20-18(19)21-16-10-15(23-2)8-9-17(16)24-3/h4-10H,11-12H2,1-3H3,(H3,19,20,21). The van der Waals surface area contributed by atoms with Crippen molar-refractivity contribution in [3.63, 3.8) is 0 Å². The summed E-state index contributed by atoms with van der Waals surface area (Å²) in [5.74, 6) is 1.68. The van der Waals surface area contributed by atoms with Gasteiger partial charge in [0.1, 0.15) is 11.5 Å². The summed E-state index contributed by atoms with van der Waals surface area (Å²) in [4.78, 5) is 4.35. The van der Waals surface area contributed by atoms with Crippen LogP contribution in [-0.4, -0.2) is 27.3 Å². The number of nitrogens with two attached hydrogens (primary N) is 1. The summed E-state index contributed by atoms with van der Waals surface area (Å²) in [6.07, 6.45) is 0. The Hall–Kier alpha value is -2.73. The Bertz CT molecular complexity index is 684. The zero-order chi connectivity index (χ0) is 17.4. The van der Waals surface area contributed by atoms with Gasteiger partial charge < -0.3 is 25.3 Å². The molecule has 0 aliphatic carbocycles. The normalized spacial score (nSPS) is 11.2. The Morgan fingerprint density at radius 1 is 1.00 bits per heavy atom. The lowest BCUT2D eigenvalue weighted by atomic mass is 10.1. The van der Waals surface area contributed by atoms with Crippen LogP contribution in [-0.2, 0) is 17.9 Å². The molecule has 0 fully saturated rings. The molecule has 0 bridgehead atoms. The second kappa shape index (κ2) is 8.79. The van der Waals surface area contributed by atoms with Gasteiger partial charge in [-0.15, -0.1) is 0 Å². The SMILES string of the molecule is COCc1ccc(CN=C(N)Nc2cc(OC)ccc2OC)cc1. The zero-order valence-electron chi connectivity index (χ0n) is 14.2. The lowest BCUT2D eigenvalue weighted by Gasteiger charge is -2.12. The van der Waals surface area contributed by atoms with Crippen molar-refractivity contribution in [1.29, 1.82) is 0 Å². The number of anilines is 1. The average Bonchev–Trinajstić information content (AvgIpc) is 2.61. The lowest BCUT2D eigenvalue weighted by Crippen LogP contribution is -2.23. The third-order valence-corrected chi connectivity index (χ3v) is 3.44. The molecule has 0 amide bonds. The molecule has 0 saturated carbocycles. The maximum absolute atomic E-state index is 5.97. The zero-order valence-corrected chi connectivity index (χ0v) is 14.2. The summed E-state index contributed by atoms with van der Waals surface area (Å²) >= 11 is 0. The number of aliphatic imine (C=N–C) groups is 1. The summed E-state index contributed by atoms with van der Waals surface area (Å²) < 4.78 is 15.6. The van der Waals surface area contributed by atoms with Crippen LogP contribution in [0, 0.1) is 0 Å². The fraction of sp³-hybridized carbons (Fsp3) is 0.278. The molecule has 2 aromatic carbocycles. The van der Waals surface area contributed by atoms with E-state index in [1.807, 2.05) is 36.4 Å². The molecule has 6 nitrogen and oxygen atoms in total. The quantitative estimate of drug-likeness (QED) is 0.603. The van der Waals surface area contributed by atoms with Crippen molar-refractivity contribution in [3.8, 4) is 11.5 Å². The molecule has 24 heavy (non-hydrogen) atoms. The molecular weight excluding hydrogens is 306 g/mol. The maximum atomic E-state index is 5.97. The molecular formula is C18H23N3O3. The number of rotatable bonds is 7. The van der Waals surface area contributed by atoms with Gasteiger partial charge in [-0.2, -0.15) is 0 Å². The number of methoxy groups -OCH3 is 3. The molecule has 0 aliphatic rings. The van der Waals surface area contributed by atoms with Crippen LogP contribution in [0.2, 0.25) is 0 Å². The third-order valence-electron chi connectivity index (χ3n) is 3.44. The van der Waals surface area contributed by atoms with Crippen LogP contribution in [0.15, 0.2) is 47.5 Å². The fourth-order valence-electron chi connectivity index (χ4n) is 2.17. The van der Waals surface area contributed by atoms with E-state index >= 15 is 0 Å². The second-order valence-electron chi connectivity index (χ2n) is 5.14. The van der Waals surface area contributed by atoms with E-state index in [2.05, 4.69) is 10.3 Å². The molecule has 0 aromatic heterocycles. The highest BCUT2D eigenvalue weighted by molar-refractivity contribution is 5.94. The van der Waals surface area contributed by atoms with Gasteiger partial charge in [-0.3, -0.25) is 0 Å². The lowest BCUT2D eigenvalue weighted by molar-refractivity contribution is 0.185. The van der Waals surface area contributed by atoms with Crippen LogP contribution in [0.1, 0.15) is 11.1 Å². The van der Waals surface area contributed by atoms with Crippen LogP contribution in [0.4, 0.5) is 5.69 Å². The van der Waals surface area contributed by atoms with E-state index in [1.54, 1.807) is 27.4 Å². The van der Waals surface area contributed by atoms with E-state index in [1.165, 1.54) is 0 Å². The van der Waals surface area contributed by atoms with E-state index in [-0.39, 0.29) is 0 Å². The van der Waals surface area contributed by atoms with E-state index < -0.39 is 0 Å². The molecule has 6 heteroatoms. The molecule has 2 aromatic rings. The smallest absolute Gasteiger partial charge is 0.193 e. The van der Waals surface area contributed by atoms with Gasteiger partial charge in [0.25, 0.3) is 0 Å². The van der Waals surface area contributed by atoms with Crippen LogP contribution in [0.3, 0.4) is 0 Å². The summed E-state index contributed by atoms with van der Waals surface area (Å²) in [6, 6.07) is 13.5. The summed E-state index contributed by atoms with van der Waals surface area (Å²) in [5.41, 5.74) is 8.86. The van der Waals surface area contributed by atoms with Crippen LogP contribution < -0.4 is 20.5 Å². The molecule has 0 saturated heterocycles. The van der Waals surface area contributed by atoms with Crippen molar-refractivity contribution < 1.29 is 14.2 Å². The molecule has 0 aliphatic heterocycles. The summed E-state index contributed by atoms with van der Waals surface area (Å²) in [6.45, 7) is 1.08. The Kier molecular flexibility index (Phi) is 6.45. The van der Waals surface area contributed by atoms with Crippen molar-refractivity contribution >= 4 is 11.6 Å². The summed E-state index contributed by atoms with van der Waals surface area (Å²) in [7, 11) is 4.88. The van der Waals surface area contributed by atoms with Gasteiger partial charge in [-0.1, -0.05) is 24.3 Å². The van der Waals surface area contributed by atoms with Gasteiger partial charge in [0.15, 0.2) is 5.96 Å². The first-order chi connectivity index (χ1) is 11.7. The van der Waals surface area contributed by atoms with Crippen molar-refractivity contribution in [1.82, 2.24) is 0 Å². The number of ether oxygens (including phenoxy) is 3. The number of hydrogen-bond donors (Lipinski definition) is 2. The molecule has 3 N–H and O–H groups in total. The van der Waals surface area contributed by atoms with E-state index in [0.29, 0.717) is 36.3 Å². The largest absolute Gasteiger partial charge is 0.497 e. The van der Waals surface area contributed by atoms with Crippen molar-refractivity contribution in [3.05, 3.63) is 53.6 Å². The maximum Gasteiger partial charge on any atom is 0.193 e. The van der Waals surface area contributed by atoms with Gasteiger partial charge in [-0.05, 0) is 23.3 Å². The Labute approximate surface area is 142 Å². The number of hydrogen-bond acceptors (Lipinski definition) is 4. The number of nitrogens with zero attached hydrogens (tertiary/aromatic N) is 1. The molecule has 0 unspecified atom stereocenters. The van der Waals surface area contributed by atoms with Crippen molar-refractivity contribution in [2.75, 3.05) is 26.6 Å². The Balaban J connectivity index is 2.03. The monoisotopic (exact) mass is 329 g/mol. The molecule has 2 rings (SSSR count). The van der Waals surface area contributed by atoms with Gasteiger partial charge in [0.2, 0.25) is 0 Å². The van der Waals surface area contributed by atoms with Gasteiger partial charge in [-0.25, -0.2) is 4.99 Å². The predicted octanol–water partition coefficient (Wildman–Crippen LogP) is 2.78. The Morgan fingerprint density at radius 3 is 2.33 bits per heavy atom. The number of guanidine groups is 1. The fourth-order valence-corrected chi connectivity index (χ4v) is 2.17. The van der Waals surface area contributed by atoms with E-state index in [4.69, 9.17) is 19.9 Å². The molecule has 0 radical (unpaired) electrons. The van der Waals surface area contributed by atoms with Crippen molar-refractivity contribution in [2.24, 2.45) is 10.7 Å². The highest BCUT2D eigenvalue weighted by Gasteiger charge is 2.06. The first kappa shape index (κ1) is 17.6. The van der Waals surface area contributed by atoms with E-state index in [9.17, 15) is 0 Å². The van der Waals surface area contributed by atoms with Crippen LogP contribution in [0.25, 0.3) is 0 Å². The Morgan fingerprint density at radius 2 is 1.71 bits per heavy atom. The molecule has 0 heterocycles. The topological polar surface area (TPSA) is 78.1 Å². The minimum absolute atomic E-state index is 0.308. The highest BCUT2D eigenvalue weighted by atomic mass is 16.5. The number of nitrogens with one attached hydrogen (secondary N) is 1. The first-order valence-corrected chi connectivity index (χ1v) is 7.52. The minimum Gasteiger partial charge on any atom is -0.497 e. The highest BCUT2D eigenvalue weighted by Crippen LogP contribution is 2.28. The summed E-state index contributed by atoms with van der Waals surface area (Å²) in [5, 5.41) is 3.04. The second-order valence-corrected chi connectivity index (χ2v) is 5.14. The van der Waals surface area contributed by atoms with Crippen LogP contribution >= 0.6 is 0 Å². The molecule has 128 valence electrons. The van der Waals surface area contributed by atoms with Gasteiger partial charge >= 0.3 is 0 Å². The van der Waals surface area contributed by atoms with Crippen LogP contribution in [0.5, 0.6) is 11.5 Å². The van der Waals surface area contributed by atoms with Gasteiger partial charge in [0.05, 0.1) is 33.1 Å². The minimum atomic E-state index is 0.308. The first-order valence-electron chi connectivity index (χ1n) is 7.52. The number of benzene rings is 2. The van der Waals surface area contributed by atoms with Gasteiger partial charge in [0, 0.05) is 13.2 Å². The average molecular weight is 329 g/mol. The van der Waals surface area contributed by atoms with E-state index in [0.717, 1.165) is 11.1 Å². The molecule has 0 atom stereocenters. The molecule has 0 spiro atoms.